The summed E-state index contributed by atoms with van der Waals surface area (Å²) in [7, 11) is 6.43. The zero-order valence-corrected chi connectivity index (χ0v) is 20.3. The fourth-order valence-corrected chi connectivity index (χ4v) is 3.47. The van der Waals surface area contributed by atoms with Crippen LogP contribution in [0.5, 0.6) is 0 Å². The molecule has 2 heterocycles. The molecule has 1 atom stereocenters. The highest BCUT2D eigenvalue weighted by atomic mass is 127. The van der Waals surface area contributed by atoms with Gasteiger partial charge in [-0.3, -0.25) is 9.89 Å². The largest absolute Gasteiger partial charge is 0.357 e. The number of rotatable bonds is 6. The maximum absolute atomic E-state index is 4.90. The number of piperazine rings is 1. The summed E-state index contributed by atoms with van der Waals surface area (Å²) in [5, 5.41) is 3.41. The summed E-state index contributed by atoms with van der Waals surface area (Å²) in [5.41, 5.74) is 2.19. The second-order valence-corrected chi connectivity index (χ2v) is 7.56. The van der Waals surface area contributed by atoms with Crippen LogP contribution in [0, 0.1) is 0 Å². The number of likely N-dealkylation sites (N-methyl/N-ethyl adjacent to an activating group) is 2. The molecule has 2 N–H and O–H groups in total. The van der Waals surface area contributed by atoms with Crippen molar-refractivity contribution in [2.24, 2.45) is 4.99 Å². The summed E-state index contributed by atoms with van der Waals surface area (Å²) in [6.07, 6.45) is 1.90. The molecule has 8 heteroatoms. The smallest absolute Gasteiger partial charge is 0.194 e. The number of H-pyrrole nitrogens is 1. The van der Waals surface area contributed by atoms with Crippen molar-refractivity contribution < 1.29 is 0 Å². The monoisotopic (exact) mass is 511 g/mol. The molecule has 3 rings (SSSR count). The van der Waals surface area contributed by atoms with Crippen molar-refractivity contribution in [3.8, 4) is 11.3 Å². The second kappa shape index (κ2) is 11.5. The van der Waals surface area contributed by atoms with Crippen LogP contribution in [0.2, 0.25) is 0 Å². The Morgan fingerprint density at radius 3 is 2.76 bits per heavy atom. The molecule has 1 unspecified atom stereocenters. The van der Waals surface area contributed by atoms with Gasteiger partial charge in [0.25, 0.3) is 0 Å². The number of hydrogen-bond acceptors (Lipinski definition) is 4. The van der Waals surface area contributed by atoms with Crippen molar-refractivity contribution in [2.75, 3.05) is 53.9 Å². The first kappa shape index (κ1) is 23.6. The van der Waals surface area contributed by atoms with E-state index in [9.17, 15) is 0 Å². The quantitative estimate of drug-likeness (QED) is 0.354. The normalized spacial score (nSPS) is 18.3. The molecule has 29 heavy (non-hydrogen) atoms. The van der Waals surface area contributed by atoms with E-state index in [1.165, 1.54) is 0 Å². The molecular weight excluding hydrogens is 477 g/mol. The molecule has 0 saturated carbocycles. The molecule has 1 aliphatic heterocycles. The molecule has 1 aromatic heterocycles. The molecule has 0 aliphatic carbocycles. The van der Waals surface area contributed by atoms with E-state index in [-0.39, 0.29) is 24.0 Å². The Labute approximate surface area is 191 Å². The van der Waals surface area contributed by atoms with Gasteiger partial charge in [0, 0.05) is 39.3 Å². The van der Waals surface area contributed by atoms with Crippen molar-refractivity contribution >= 4 is 29.9 Å². The van der Waals surface area contributed by atoms with Crippen LogP contribution in [0.4, 0.5) is 0 Å². The summed E-state index contributed by atoms with van der Waals surface area (Å²) in [5.74, 6) is 1.85. The highest BCUT2D eigenvalue weighted by molar-refractivity contribution is 14.0. The van der Waals surface area contributed by atoms with Crippen molar-refractivity contribution in [3.05, 3.63) is 42.4 Å². The Balaban J connectivity index is 0.00000300. The maximum Gasteiger partial charge on any atom is 0.194 e. The number of imidazole rings is 1. The lowest BCUT2D eigenvalue weighted by Crippen LogP contribution is -2.51. The number of halogens is 1. The molecule has 1 fully saturated rings. The number of hydrogen-bond donors (Lipinski definition) is 2. The van der Waals surface area contributed by atoms with Gasteiger partial charge in [-0.2, -0.15) is 0 Å². The highest BCUT2D eigenvalue weighted by Crippen LogP contribution is 2.16. The van der Waals surface area contributed by atoms with Crippen LogP contribution in [0.1, 0.15) is 12.7 Å². The minimum atomic E-state index is 0. The SMILES string of the molecule is CCNC(=NCC1CN(C)CCN1C)N(C)Cc1ncc(-c2ccccc2)[nH]1.I. The predicted octanol–water partition coefficient (Wildman–Crippen LogP) is 2.34. The van der Waals surface area contributed by atoms with E-state index in [2.05, 4.69) is 70.2 Å². The number of benzene rings is 1. The number of nitrogens with one attached hydrogen (secondary N) is 2. The van der Waals surface area contributed by atoms with Crippen LogP contribution >= 0.6 is 24.0 Å². The number of aliphatic imine (C=N–C) groups is 1. The lowest BCUT2D eigenvalue weighted by molar-refractivity contribution is 0.119. The molecule has 7 nitrogen and oxygen atoms in total. The van der Waals surface area contributed by atoms with E-state index in [0.29, 0.717) is 12.6 Å². The Morgan fingerprint density at radius 2 is 2.03 bits per heavy atom. The number of aromatic nitrogens is 2. The Morgan fingerprint density at radius 1 is 1.28 bits per heavy atom. The third-order valence-corrected chi connectivity index (χ3v) is 5.23. The molecular formula is C21H34IN7. The van der Waals surface area contributed by atoms with Crippen LogP contribution in [0.3, 0.4) is 0 Å². The van der Waals surface area contributed by atoms with Gasteiger partial charge >= 0.3 is 0 Å². The molecule has 1 saturated heterocycles. The summed E-state index contributed by atoms with van der Waals surface area (Å²) in [6.45, 7) is 7.69. The van der Waals surface area contributed by atoms with Crippen molar-refractivity contribution in [2.45, 2.75) is 19.5 Å². The third kappa shape index (κ3) is 6.68. The van der Waals surface area contributed by atoms with Crippen LogP contribution in [0.15, 0.2) is 41.5 Å². The molecule has 1 aromatic carbocycles. The average molecular weight is 511 g/mol. The van der Waals surface area contributed by atoms with Crippen LogP contribution in [-0.4, -0.2) is 90.5 Å². The van der Waals surface area contributed by atoms with Gasteiger partial charge in [0.2, 0.25) is 0 Å². The van der Waals surface area contributed by atoms with Gasteiger partial charge in [-0.15, -0.1) is 24.0 Å². The Kier molecular flexibility index (Phi) is 9.38. The zero-order chi connectivity index (χ0) is 19.9. The molecule has 160 valence electrons. The first-order chi connectivity index (χ1) is 13.6. The van der Waals surface area contributed by atoms with E-state index < -0.39 is 0 Å². The highest BCUT2D eigenvalue weighted by Gasteiger charge is 2.22. The fraction of sp³-hybridized carbons (Fsp3) is 0.524. The van der Waals surface area contributed by atoms with E-state index in [1.807, 2.05) is 24.4 Å². The summed E-state index contributed by atoms with van der Waals surface area (Å²) >= 11 is 0. The third-order valence-electron chi connectivity index (χ3n) is 5.23. The lowest BCUT2D eigenvalue weighted by atomic mass is 10.2. The van der Waals surface area contributed by atoms with E-state index in [1.54, 1.807) is 0 Å². The van der Waals surface area contributed by atoms with Crippen molar-refractivity contribution in [1.82, 2.24) is 30.0 Å². The maximum atomic E-state index is 4.90. The van der Waals surface area contributed by atoms with Gasteiger partial charge in [-0.25, -0.2) is 4.98 Å². The molecule has 2 aromatic rings. The van der Waals surface area contributed by atoms with Gasteiger partial charge in [0.05, 0.1) is 25.0 Å². The van der Waals surface area contributed by atoms with E-state index >= 15 is 0 Å². The fourth-order valence-electron chi connectivity index (χ4n) is 3.47. The predicted molar refractivity (Wildman–Crippen MR) is 131 cm³/mol. The molecule has 0 amide bonds. The molecule has 0 radical (unpaired) electrons. The van der Waals surface area contributed by atoms with Crippen LogP contribution in [0.25, 0.3) is 11.3 Å². The summed E-state index contributed by atoms with van der Waals surface area (Å²) in [4.78, 5) is 19.8. The Hall–Kier alpha value is -1.65. The van der Waals surface area contributed by atoms with Gasteiger partial charge in [0.1, 0.15) is 5.82 Å². The van der Waals surface area contributed by atoms with Crippen molar-refractivity contribution in [3.63, 3.8) is 0 Å². The van der Waals surface area contributed by atoms with E-state index in [0.717, 1.165) is 55.8 Å². The van der Waals surface area contributed by atoms with Gasteiger partial charge in [-0.1, -0.05) is 30.3 Å². The lowest BCUT2D eigenvalue weighted by Gasteiger charge is -2.37. The second-order valence-electron chi connectivity index (χ2n) is 7.56. The summed E-state index contributed by atoms with van der Waals surface area (Å²) in [6, 6.07) is 10.7. The average Bonchev–Trinajstić information content (AvgIpc) is 3.16. The van der Waals surface area contributed by atoms with Crippen LogP contribution < -0.4 is 5.32 Å². The van der Waals surface area contributed by atoms with Gasteiger partial charge in [-0.05, 0) is 26.6 Å². The van der Waals surface area contributed by atoms with E-state index in [4.69, 9.17) is 4.99 Å². The first-order valence-electron chi connectivity index (χ1n) is 10.0. The topological polar surface area (TPSA) is 62.8 Å². The Bertz CT molecular complexity index is 761. The van der Waals surface area contributed by atoms with Gasteiger partial charge in [0.15, 0.2) is 5.96 Å². The minimum absolute atomic E-state index is 0. The van der Waals surface area contributed by atoms with Gasteiger partial charge < -0.3 is 20.1 Å². The first-order valence-corrected chi connectivity index (χ1v) is 10.0. The number of guanidine groups is 1. The molecule has 0 spiro atoms. The summed E-state index contributed by atoms with van der Waals surface area (Å²) < 4.78 is 0. The minimum Gasteiger partial charge on any atom is -0.357 e. The molecule has 0 bridgehead atoms. The standard InChI is InChI=1S/C21H33N7.HI/c1-5-22-21(24-13-18-15-26(2)11-12-27(18)3)28(4)16-20-23-14-19(25-20)17-9-7-6-8-10-17;/h6-10,14,18H,5,11-13,15-16H2,1-4H3,(H,22,24)(H,23,25);1H. The molecule has 1 aliphatic rings. The van der Waals surface area contributed by atoms with Crippen LogP contribution in [-0.2, 0) is 6.54 Å². The number of nitrogens with zero attached hydrogens (tertiary/aromatic N) is 5. The number of aromatic amines is 1. The zero-order valence-electron chi connectivity index (χ0n) is 17.9. The van der Waals surface area contributed by atoms with Crippen molar-refractivity contribution in [1.29, 1.82) is 0 Å².